The van der Waals surface area contributed by atoms with Crippen LogP contribution >= 0.6 is 35.4 Å². The Hall–Kier alpha value is -3.33. The van der Waals surface area contributed by atoms with Gasteiger partial charge in [0.25, 0.3) is 5.91 Å². The molecule has 7 nitrogen and oxygen atoms in total. The van der Waals surface area contributed by atoms with Crippen molar-refractivity contribution >= 4 is 63.2 Å². The van der Waals surface area contributed by atoms with E-state index < -0.39 is 5.91 Å². The molecule has 0 fully saturated rings. The summed E-state index contributed by atoms with van der Waals surface area (Å²) in [6.45, 7) is 1.91. The third-order valence-electron chi connectivity index (χ3n) is 5.01. The summed E-state index contributed by atoms with van der Waals surface area (Å²) in [4.78, 5) is 17.3. The molecule has 4 aromatic rings. The smallest absolute Gasteiger partial charge is 0.261 e. The van der Waals surface area contributed by atoms with Crippen LogP contribution in [0.25, 0.3) is 22.6 Å². The second kappa shape index (κ2) is 9.89. The lowest BCUT2D eigenvalue weighted by molar-refractivity contribution is 0.0974. The number of aryl methyl sites for hydroxylation is 1. The molecule has 0 radical (unpaired) electrons. The number of oxazole rings is 1. The number of hydrogen-bond donors (Lipinski definition) is 2. The summed E-state index contributed by atoms with van der Waals surface area (Å²) in [5.74, 6) is 0.828. The van der Waals surface area contributed by atoms with E-state index in [0.717, 1.165) is 11.1 Å². The van der Waals surface area contributed by atoms with Crippen molar-refractivity contribution < 1.29 is 18.7 Å². The zero-order valence-corrected chi connectivity index (χ0v) is 20.7. The second-order valence-electron chi connectivity index (χ2n) is 7.26. The van der Waals surface area contributed by atoms with Crippen LogP contribution in [0.4, 0.5) is 5.69 Å². The number of nitrogens with zero attached hydrogens (tertiary/aromatic N) is 1. The van der Waals surface area contributed by atoms with Crippen LogP contribution in [0.3, 0.4) is 0 Å². The summed E-state index contributed by atoms with van der Waals surface area (Å²) in [5.41, 5.74) is 3.81. The molecule has 1 heterocycles. The number of anilines is 1. The average Bonchev–Trinajstić information content (AvgIpc) is 3.23. The number of nitrogens with one attached hydrogen (secondary N) is 2. The first-order chi connectivity index (χ1) is 16.3. The highest BCUT2D eigenvalue weighted by Crippen LogP contribution is 2.32. The number of benzene rings is 3. The van der Waals surface area contributed by atoms with Gasteiger partial charge in [-0.1, -0.05) is 29.3 Å². The molecule has 2 N–H and O–H groups in total. The number of ether oxygens (including phenoxy) is 2. The van der Waals surface area contributed by atoms with Gasteiger partial charge in [0.2, 0.25) is 5.89 Å². The number of carbonyl (C=O) groups is 1. The molecule has 1 amide bonds. The van der Waals surface area contributed by atoms with E-state index in [2.05, 4.69) is 15.6 Å². The van der Waals surface area contributed by atoms with Crippen LogP contribution in [0.15, 0.2) is 52.9 Å². The van der Waals surface area contributed by atoms with Crippen molar-refractivity contribution in [3.8, 4) is 23.0 Å². The first-order valence-corrected chi connectivity index (χ1v) is 11.2. The van der Waals surface area contributed by atoms with Gasteiger partial charge >= 0.3 is 0 Å². The lowest BCUT2D eigenvalue weighted by Gasteiger charge is -2.14. The third-order valence-corrected chi connectivity index (χ3v) is 5.71. The van der Waals surface area contributed by atoms with Gasteiger partial charge in [-0.25, -0.2) is 4.98 Å². The van der Waals surface area contributed by atoms with Crippen LogP contribution in [0.5, 0.6) is 11.5 Å². The molecule has 0 aliphatic rings. The summed E-state index contributed by atoms with van der Waals surface area (Å²) in [6.07, 6.45) is 0. The quantitative estimate of drug-likeness (QED) is 0.303. The lowest BCUT2D eigenvalue weighted by atomic mass is 10.1. The molecule has 0 aliphatic carbocycles. The summed E-state index contributed by atoms with van der Waals surface area (Å²) in [6, 6.07) is 14.0. The van der Waals surface area contributed by atoms with Crippen LogP contribution < -0.4 is 20.1 Å². The fourth-order valence-corrected chi connectivity index (χ4v) is 4.08. The van der Waals surface area contributed by atoms with Gasteiger partial charge in [-0.05, 0) is 61.1 Å². The molecule has 1 aromatic heterocycles. The van der Waals surface area contributed by atoms with E-state index in [9.17, 15) is 4.79 Å². The molecule has 0 atom stereocenters. The highest BCUT2D eigenvalue weighted by atomic mass is 35.5. The number of aromatic nitrogens is 1. The van der Waals surface area contributed by atoms with E-state index in [4.69, 9.17) is 49.3 Å². The van der Waals surface area contributed by atoms with E-state index >= 15 is 0 Å². The summed E-state index contributed by atoms with van der Waals surface area (Å²) < 4.78 is 16.4. The maximum Gasteiger partial charge on any atom is 0.261 e. The maximum absolute atomic E-state index is 12.8. The van der Waals surface area contributed by atoms with E-state index in [0.29, 0.717) is 33.4 Å². The van der Waals surface area contributed by atoms with Gasteiger partial charge in [-0.2, -0.15) is 0 Å². The Balaban J connectivity index is 1.55. The van der Waals surface area contributed by atoms with E-state index in [1.54, 1.807) is 19.2 Å². The zero-order chi connectivity index (χ0) is 24.4. The minimum Gasteiger partial charge on any atom is -0.497 e. The minimum atomic E-state index is -0.513. The fourth-order valence-electron chi connectivity index (χ4n) is 3.31. The lowest BCUT2D eigenvalue weighted by Crippen LogP contribution is -2.34. The molecule has 0 saturated carbocycles. The number of hydrogen-bond acceptors (Lipinski definition) is 6. The second-order valence-corrected chi connectivity index (χ2v) is 8.51. The van der Waals surface area contributed by atoms with Crippen molar-refractivity contribution in [1.82, 2.24) is 10.3 Å². The summed E-state index contributed by atoms with van der Waals surface area (Å²) >= 11 is 17.5. The Labute approximate surface area is 211 Å². The molecular weight excluding hydrogens is 497 g/mol. The molecule has 34 heavy (non-hydrogen) atoms. The van der Waals surface area contributed by atoms with Gasteiger partial charge in [0.05, 0.1) is 24.8 Å². The third kappa shape index (κ3) is 4.94. The summed E-state index contributed by atoms with van der Waals surface area (Å²) in [5, 5.41) is 6.28. The van der Waals surface area contributed by atoms with Gasteiger partial charge in [-0.15, -0.1) is 0 Å². The molecule has 4 rings (SSSR count). The molecule has 174 valence electrons. The zero-order valence-electron chi connectivity index (χ0n) is 18.4. The molecule has 0 aliphatic heterocycles. The van der Waals surface area contributed by atoms with Gasteiger partial charge in [0.1, 0.15) is 17.0 Å². The molecule has 10 heteroatoms. The van der Waals surface area contributed by atoms with Gasteiger partial charge < -0.3 is 19.2 Å². The van der Waals surface area contributed by atoms with Gasteiger partial charge in [0.15, 0.2) is 10.7 Å². The first-order valence-electron chi connectivity index (χ1n) is 10.00. The average molecular weight is 516 g/mol. The minimum absolute atomic E-state index is 0.0886. The van der Waals surface area contributed by atoms with Gasteiger partial charge in [-0.3, -0.25) is 10.1 Å². The summed E-state index contributed by atoms with van der Waals surface area (Å²) in [7, 11) is 3.01. The Bertz CT molecular complexity index is 1420. The van der Waals surface area contributed by atoms with Crippen molar-refractivity contribution in [2.75, 3.05) is 19.5 Å². The number of carbonyl (C=O) groups excluding carboxylic acids is 1. The van der Waals surface area contributed by atoms with E-state index in [1.165, 1.54) is 19.2 Å². The van der Waals surface area contributed by atoms with Crippen LogP contribution in [0, 0.1) is 6.92 Å². The van der Waals surface area contributed by atoms with Crippen molar-refractivity contribution in [1.29, 1.82) is 0 Å². The largest absolute Gasteiger partial charge is 0.497 e. The highest BCUT2D eigenvalue weighted by molar-refractivity contribution is 7.80. The maximum atomic E-state index is 12.8. The Morgan fingerprint density at radius 2 is 1.85 bits per heavy atom. The standard InChI is InChI=1S/C24H19Cl2N3O4S/c1-12-4-5-13(23-27-19-11-15(31-2)6-7-20(19)33-23)8-18(12)28-24(34)29-22(30)16-9-14(25)10-17(26)21(16)32-3/h4-11H,1-3H3,(H2,28,29,30,34). The fraction of sp³-hybridized carbons (Fsp3) is 0.125. The molecular formula is C24H19Cl2N3O4S. The topological polar surface area (TPSA) is 85.6 Å². The molecule has 3 aromatic carbocycles. The van der Waals surface area contributed by atoms with E-state index in [-0.39, 0.29) is 21.4 Å². The SMILES string of the molecule is COc1ccc2oc(-c3ccc(C)c(NC(=S)NC(=O)c4cc(Cl)cc(Cl)c4OC)c3)nc2c1. The number of thiocarbonyl (C=S) groups is 1. The predicted molar refractivity (Wildman–Crippen MR) is 137 cm³/mol. The van der Waals surface area contributed by atoms with Crippen LogP contribution in [-0.2, 0) is 0 Å². The van der Waals surface area contributed by atoms with Crippen molar-refractivity contribution in [3.63, 3.8) is 0 Å². The van der Waals surface area contributed by atoms with Crippen LogP contribution in [-0.4, -0.2) is 30.2 Å². The highest BCUT2D eigenvalue weighted by Gasteiger charge is 2.18. The number of methoxy groups -OCH3 is 2. The van der Waals surface area contributed by atoms with Crippen LogP contribution in [0.1, 0.15) is 15.9 Å². The number of halogens is 2. The van der Waals surface area contributed by atoms with Crippen molar-refractivity contribution in [2.45, 2.75) is 6.92 Å². The van der Waals surface area contributed by atoms with Crippen LogP contribution in [0.2, 0.25) is 10.0 Å². The molecule has 0 unspecified atom stereocenters. The normalized spacial score (nSPS) is 10.7. The first kappa shape index (κ1) is 23.8. The molecule has 0 bridgehead atoms. The Kier molecular flexibility index (Phi) is 6.92. The Morgan fingerprint density at radius 3 is 2.59 bits per heavy atom. The van der Waals surface area contributed by atoms with Gasteiger partial charge in [0, 0.05) is 22.3 Å². The van der Waals surface area contributed by atoms with E-state index in [1.807, 2.05) is 31.2 Å². The van der Waals surface area contributed by atoms with Crippen molar-refractivity contribution in [3.05, 3.63) is 69.7 Å². The monoisotopic (exact) mass is 515 g/mol. The number of amides is 1. The Morgan fingerprint density at radius 1 is 1.06 bits per heavy atom. The number of fused-ring (bicyclic) bond motifs is 1. The molecule has 0 saturated heterocycles. The number of rotatable bonds is 5. The predicted octanol–water partition coefficient (Wildman–Crippen LogP) is 6.25. The van der Waals surface area contributed by atoms with Crippen molar-refractivity contribution in [2.24, 2.45) is 0 Å². The molecule has 0 spiro atoms.